The summed E-state index contributed by atoms with van der Waals surface area (Å²) in [4.78, 5) is 2.04. The van der Waals surface area contributed by atoms with Gasteiger partial charge in [-0.25, -0.2) is 0 Å². The maximum Gasteiger partial charge on any atom is 0.137 e. The molecule has 0 aliphatic carbocycles. The summed E-state index contributed by atoms with van der Waals surface area (Å²) in [5.41, 5.74) is 0.834. The van der Waals surface area contributed by atoms with E-state index in [9.17, 15) is 5.11 Å². The van der Waals surface area contributed by atoms with Gasteiger partial charge in [-0.15, -0.1) is 0 Å². The molecule has 1 atom stereocenters. The van der Waals surface area contributed by atoms with E-state index >= 15 is 0 Å². The Morgan fingerprint density at radius 2 is 2.12 bits per heavy atom. The molecule has 3 nitrogen and oxygen atoms in total. The number of hydrogen-bond donors (Lipinski definition) is 1. The van der Waals surface area contributed by atoms with Gasteiger partial charge in [-0.3, -0.25) is 0 Å². The van der Waals surface area contributed by atoms with E-state index in [1.54, 1.807) is 12.1 Å². The van der Waals surface area contributed by atoms with E-state index in [2.05, 4.69) is 0 Å². The monoisotopic (exact) mass is 257 g/mol. The van der Waals surface area contributed by atoms with E-state index in [0.717, 1.165) is 12.1 Å². The van der Waals surface area contributed by atoms with Crippen molar-refractivity contribution in [3.8, 4) is 5.75 Å². The fourth-order valence-corrected chi connectivity index (χ4v) is 1.79. The number of aliphatic hydroxyl groups is 1. The molecule has 0 heterocycles. The van der Waals surface area contributed by atoms with Crippen molar-refractivity contribution in [2.45, 2.75) is 19.4 Å². The van der Waals surface area contributed by atoms with Crippen LogP contribution in [0.3, 0.4) is 0 Å². The first kappa shape index (κ1) is 14.3. The molecule has 1 aromatic carbocycles. The van der Waals surface area contributed by atoms with Crippen molar-refractivity contribution < 1.29 is 9.84 Å². The molecule has 96 valence electrons. The summed E-state index contributed by atoms with van der Waals surface area (Å²) in [5.74, 6) is 0.665. The van der Waals surface area contributed by atoms with Gasteiger partial charge in [0, 0.05) is 6.54 Å². The third kappa shape index (κ3) is 4.54. The van der Waals surface area contributed by atoms with Gasteiger partial charge >= 0.3 is 0 Å². The lowest BCUT2D eigenvalue weighted by Gasteiger charge is -2.15. The SMILES string of the molecule is CCOc1ccc(C(O)CCN(C)C)cc1Cl. The van der Waals surface area contributed by atoms with Crippen molar-refractivity contribution in [2.75, 3.05) is 27.2 Å². The number of halogens is 1. The van der Waals surface area contributed by atoms with Gasteiger partial charge in [-0.1, -0.05) is 17.7 Å². The van der Waals surface area contributed by atoms with Crippen molar-refractivity contribution in [2.24, 2.45) is 0 Å². The second kappa shape index (κ2) is 6.84. The first-order chi connectivity index (χ1) is 8.04. The fraction of sp³-hybridized carbons (Fsp3) is 0.538. The number of rotatable bonds is 6. The molecule has 0 radical (unpaired) electrons. The molecule has 0 amide bonds. The minimum absolute atomic E-state index is 0.481. The second-order valence-electron chi connectivity index (χ2n) is 4.23. The van der Waals surface area contributed by atoms with Crippen molar-refractivity contribution in [3.63, 3.8) is 0 Å². The van der Waals surface area contributed by atoms with Crippen LogP contribution in [0.15, 0.2) is 18.2 Å². The van der Waals surface area contributed by atoms with Gasteiger partial charge in [0.05, 0.1) is 17.7 Å². The summed E-state index contributed by atoms with van der Waals surface area (Å²) in [6.45, 7) is 3.34. The maximum absolute atomic E-state index is 9.99. The van der Waals surface area contributed by atoms with Gasteiger partial charge in [0.15, 0.2) is 0 Å². The summed E-state index contributed by atoms with van der Waals surface area (Å²) in [7, 11) is 3.97. The first-order valence-electron chi connectivity index (χ1n) is 5.79. The lowest BCUT2D eigenvalue weighted by atomic mass is 10.1. The molecule has 1 aromatic rings. The molecule has 0 saturated heterocycles. The highest BCUT2D eigenvalue weighted by Crippen LogP contribution is 2.28. The van der Waals surface area contributed by atoms with Crippen LogP contribution in [0.1, 0.15) is 25.0 Å². The lowest BCUT2D eigenvalue weighted by molar-refractivity contribution is 0.154. The summed E-state index contributed by atoms with van der Waals surface area (Å²) < 4.78 is 5.35. The number of nitrogens with zero attached hydrogens (tertiary/aromatic N) is 1. The number of aliphatic hydroxyl groups excluding tert-OH is 1. The number of ether oxygens (including phenoxy) is 1. The molecule has 0 bridgehead atoms. The third-order valence-corrected chi connectivity index (χ3v) is 2.79. The molecule has 0 aliphatic rings. The zero-order chi connectivity index (χ0) is 12.8. The largest absolute Gasteiger partial charge is 0.492 e. The van der Waals surface area contributed by atoms with E-state index in [0.29, 0.717) is 23.8 Å². The average molecular weight is 258 g/mol. The number of hydrogen-bond acceptors (Lipinski definition) is 3. The quantitative estimate of drug-likeness (QED) is 0.851. The molecule has 0 spiro atoms. The summed E-state index contributed by atoms with van der Waals surface area (Å²) in [6.07, 6.45) is 0.211. The zero-order valence-corrected chi connectivity index (χ0v) is 11.4. The van der Waals surface area contributed by atoms with Gasteiger partial charge in [-0.2, -0.15) is 0 Å². The highest BCUT2D eigenvalue weighted by Gasteiger charge is 2.10. The van der Waals surface area contributed by atoms with Crippen molar-refractivity contribution >= 4 is 11.6 Å². The highest BCUT2D eigenvalue weighted by molar-refractivity contribution is 6.32. The van der Waals surface area contributed by atoms with Crippen LogP contribution in [-0.4, -0.2) is 37.3 Å². The molecular formula is C13H20ClNO2. The zero-order valence-electron chi connectivity index (χ0n) is 10.6. The molecule has 17 heavy (non-hydrogen) atoms. The summed E-state index contributed by atoms with van der Waals surface area (Å²) in [5, 5.41) is 10.5. The summed E-state index contributed by atoms with van der Waals surface area (Å²) in [6, 6.07) is 5.43. The standard InChI is InChI=1S/C13H20ClNO2/c1-4-17-13-6-5-10(9-11(13)14)12(16)7-8-15(2)3/h5-6,9,12,16H,4,7-8H2,1-3H3. The third-order valence-electron chi connectivity index (χ3n) is 2.49. The molecular weight excluding hydrogens is 238 g/mol. The van der Waals surface area contributed by atoms with Crippen LogP contribution in [0, 0.1) is 0 Å². The summed E-state index contributed by atoms with van der Waals surface area (Å²) >= 11 is 6.07. The van der Waals surface area contributed by atoms with Crippen molar-refractivity contribution in [3.05, 3.63) is 28.8 Å². The second-order valence-corrected chi connectivity index (χ2v) is 4.64. The smallest absolute Gasteiger partial charge is 0.137 e. The molecule has 4 heteroatoms. The molecule has 0 fully saturated rings. The van der Waals surface area contributed by atoms with Crippen molar-refractivity contribution in [1.82, 2.24) is 4.90 Å². The van der Waals surface area contributed by atoms with Gasteiger partial charge in [0.1, 0.15) is 5.75 Å². The van der Waals surface area contributed by atoms with Gasteiger partial charge < -0.3 is 14.7 Å². The van der Waals surface area contributed by atoms with E-state index < -0.39 is 6.10 Å². The minimum atomic E-state index is -0.481. The van der Waals surface area contributed by atoms with E-state index in [1.807, 2.05) is 32.0 Å². The molecule has 1 N–H and O–H groups in total. The Hall–Kier alpha value is -0.770. The van der Waals surface area contributed by atoms with Gasteiger partial charge in [-0.05, 0) is 45.1 Å². The van der Waals surface area contributed by atoms with Crippen LogP contribution in [0.25, 0.3) is 0 Å². The average Bonchev–Trinajstić information content (AvgIpc) is 2.28. The molecule has 0 aromatic heterocycles. The van der Waals surface area contributed by atoms with Crippen LogP contribution in [0.4, 0.5) is 0 Å². The highest BCUT2D eigenvalue weighted by atomic mass is 35.5. The molecule has 1 rings (SSSR count). The Labute approximate surface area is 108 Å². The lowest BCUT2D eigenvalue weighted by Crippen LogP contribution is -2.15. The molecule has 0 saturated carbocycles. The van der Waals surface area contributed by atoms with Gasteiger partial charge in [0.2, 0.25) is 0 Å². The fourth-order valence-electron chi connectivity index (χ4n) is 1.54. The van der Waals surface area contributed by atoms with Crippen LogP contribution in [0.5, 0.6) is 5.75 Å². The van der Waals surface area contributed by atoms with E-state index in [-0.39, 0.29) is 0 Å². The number of benzene rings is 1. The normalized spacial score (nSPS) is 12.8. The van der Waals surface area contributed by atoms with Crippen LogP contribution in [-0.2, 0) is 0 Å². The maximum atomic E-state index is 9.99. The molecule has 1 unspecified atom stereocenters. The van der Waals surface area contributed by atoms with Crippen LogP contribution < -0.4 is 4.74 Å². The Bertz CT molecular complexity index is 355. The Kier molecular flexibility index (Phi) is 5.75. The molecule has 0 aliphatic heterocycles. The van der Waals surface area contributed by atoms with Crippen LogP contribution >= 0.6 is 11.6 Å². The van der Waals surface area contributed by atoms with E-state index in [1.165, 1.54) is 0 Å². The predicted octanol–water partition coefficient (Wildman–Crippen LogP) is 2.72. The Balaban J connectivity index is 2.68. The first-order valence-corrected chi connectivity index (χ1v) is 6.17. The van der Waals surface area contributed by atoms with Crippen molar-refractivity contribution in [1.29, 1.82) is 0 Å². The topological polar surface area (TPSA) is 32.7 Å². The van der Waals surface area contributed by atoms with Gasteiger partial charge in [0.25, 0.3) is 0 Å². The van der Waals surface area contributed by atoms with E-state index in [4.69, 9.17) is 16.3 Å². The minimum Gasteiger partial charge on any atom is -0.492 e. The Morgan fingerprint density at radius 1 is 1.41 bits per heavy atom. The Morgan fingerprint density at radius 3 is 2.65 bits per heavy atom. The van der Waals surface area contributed by atoms with Crippen LogP contribution in [0.2, 0.25) is 5.02 Å². The predicted molar refractivity (Wildman–Crippen MR) is 70.8 cm³/mol.